The first-order valence-electron chi connectivity index (χ1n) is 1.85. The van der Waals surface area contributed by atoms with Crippen LogP contribution in [0, 0.1) is 0 Å². The van der Waals surface area contributed by atoms with E-state index in [1.807, 2.05) is 0 Å². The second-order valence-corrected chi connectivity index (χ2v) is 4.40. The summed E-state index contributed by atoms with van der Waals surface area (Å²) >= 11 is 0. The van der Waals surface area contributed by atoms with E-state index >= 15 is 0 Å². The van der Waals surface area contributed by atoms with Crippen molar-refractivity contribution in [3.05, 3.63) is 0 Å². The van der Waals surface area contributed by atoms with Gasteiger partial charge in [0.25, 0.3) is 20.2 Å². The fourth-order valence-electron chi connectivity index (χ4n) is 0. The average molecular weight is 232 g/mol. The molecular weight excluding hydrogens is 224 g/mol. The van der Waals surface area contributed by atoms with Crippen molar-refractivity contribution in [2.24, 2.45) is 0 Å². The van der Waals surface area contributed by atoms with Crippen molar-refractivity contribution >= 4 is 58.0 Å². The molecule has 0 heterocycles. The first-order chi connectivity index (χ1) is 4.00. The van der Waals surface area contributed by atoms with Crippen molar-refractivity contribution < 1.29 is 25.9 Å². The summed E-state index contributed by atoms with van der Waals surface area (Å²) in [5, 5.41) is 0. The molecule has 0 aliphatic carbocycles. The Morgan fingerprint density at radius 3 is 0.818 bits per heavy atom. The van der Waals surface area contributed by atoms with Crippen LogP contribution in [0.2, 0.25) is 0 Å². The Morgan fingerprint density at radius 2 is 0.818 bits per heavy atom. The first-order valence-corrected chi connectivity index (χ1v) is 5.54. The molecule has 2 radical (unpaired) electrons. The second kappa shape index (κ2) is 6.58. The standard InChI is InChI=1S/2CH4O3S.Ca/c2*1-5(2,3)4;/h2*1H3,(H,2,3,4);. The summed E-state index contributed by atoms with van der Waals surface area (Å²) in [6.07, 6.45) is 1.43. The van der Waals surface area contributed by atoms with Crippen LogP contribution in [0.4, 0.5) is 0 Å². The van der Waals surface area contributed by atoms with Crippen molar-refractivity contribution in [2.75, 3.05) is 12.5 Å². The van der Waals surface area contributed by atoms with Crippen LogP contribution in [0.3, 0.4) is 0 Å². The maximum absolute atomic E-state index is 9.19. The number of hydrogen-bond donors (Lipinski definition) is 2. The van der Waals surface area contributed by atoms with Crippen LogP contribution < -0.4 is 0 Å². The van der Waals surface area contributed by atoms with E-state index in [-0.39, 0.29) is 37.7 Å². The molecule has 0 aromatic carbocycles. The van der Waals surface area contributed by atoms with Crippen molar-refractivity contribution in [3.8, 4) is 0 Å². The molecule has 0 unspecified atom stereocenters. The Morgan fingerprint density at radius 1 is 0.818 bits per heavy atom. The minimum Gasteiger partial charge on any atom is -0.286 e. The van der Waals surface area contributed by atoms with E-state index in [9.17, 15) is 16.8 Å². The van der Waals surface area contributed by atoms with Crippen molar-refractivity contribution in [2.45, 2.75) is 0 Å². The normalized spacial score (nSPS) is 10.5. The largest absolute Gasteiger partial charge is 0.286 e. The van der Waals surface area contributed by atoms with Gasteiger partial charge in [0.15, 0.2) is 0 Å². The molecule has 0 aromatic heterocycles. The molecule has 0 rings (SSSR count). The van der Waals surface area contributed by atoms with Gasteiger partial charge in [-0.05, 0) is 0 Å². The number of rotatable bonds is 0. The predicted molar refractivity (Wildman–Crippen MR) is 40.7 cm³/mol. The molecule has 11 heavy (non-hydrogen) atoms. The maximum atomic E-state index is 9.19. The molecule has 66 valence electrons. The molecule has 0 atom stereocenters. The third-order valence-electron chi connectivity index (χ3n) is 0. The summed E-state index contributed by atoms with van der Waals surface area (Å²) in [6.45, 7) is 0. The minimum atomic E-state index is -3.67. The summed E-state index contributed by atoms with van der Waals surface area (Å²) < 4.78 is 51.7. The minimum absolute atomic E-state index is 0. The van der Waals surface area contributed by atoms with E-state index in [0.29, 0.717) is 12.5 Å². The zero-order valence-corrected chi connectivity index (χ0v) is 9.89. The van der Waals surface area contributed by atoms with Crippen molar-refractivity contribution in [3.63, 3.8) is 0 Å². The summed E-state index contributed by atoms with van der Waals surface area (Å²) in [7, 11) is -7.33. The third-order valence-corrected chi connectivity index (χ3v) is 0. The van der Waals surface area contributed by atoms with E-state index in [1.165, 1.54) is 0 Å². The van der Waals surface area contributed by atoms with Gasteiger partial charge < -0.3 is 0 Å². The zero-order valence-electron chi connectivity index (χ0n) is 6.05. The summed E-state index contributed by atoms with van der Waals surface area (Å²) in [6, 6.07) is 0. The zero-order chi connectivity index (χ0) is 9.00. The fourth-order valence-corrected chi connectivity index (χ4v) is 0. The van der Waals surface area contributed by atoms with Gasteiger partial charge >= 0.3 is 0 Å². The molecule has 0 bridgehead atoms. The Hall–Kier alpha value is 1.08. The van der Waals surface area contributed by atoms with E-state index in [2.05, 4.69) is 0 Å². The molecule has 0 saturated heterocycles. The fraction of sp³-hybridized carbons (Fsp3) is 1.00. The maximum Gasteiger partial charge on any atom is 0.261 e. The Bertz CT molecular complexity index is 215. The molecular formula is C2H8CaO6S2. The van der Waals surface area contributed by atoms with E-state index in [1.54, 1.807) is 0 Å². The van der Waals surface area contributed by atoms with Crippen molar-refractivity contribution in [1.29, 1.82) is 0 Å². The van der Waals surface area contributed by atoms with E-state index in [0.717, 1.165) is 0 Å². The van der Waals surface area contributed by atoms with Gasteiger partial charge in [0.05, 0.1) is 12.5 Å². The summed E-state index contributed by atoms with van der Waals surface area (Å²) in [4.78, 5) is 0. The van der Waals surface area contributed by atoms with Crippen molar-refractivity contribution in [1.82, 2.24) is 0 Å². The molecule has 0 aliphatic heterocycles. The van der Waals surface area contributed by atoms with Gasteiger partial charge in [0.2, 0.25) is 0 Å². The number of hydrogen-bond acceptors (Lipinski definition) is 4. The SMILES string of the molecule is CS(=O)(=O)O.CS(=O)(=O)O.[Ca]. The average Bonchev–Trinajstić information content (AvgIpc) is 1.12. The first kappa shape index (κ1) is 18.0. The molecule has 6 nitrogen and oxygen atoms in total. The van der Waals surface area contributed by atoms with Gasteiger partial charge in [-0.3, -0.25) is 9.11 Å². The third kappa shape index (κ3) is 783. The van der Waals surface area contributed by atoms with E-state index in [4.69, 9.17) is 9.11 Å². The van der Waals surface area contributed by atoms with Crippen LogP contribution in [0.25, 0.3) is 0 Å². The molecule has 0 amide bonds. The molecule has 0 aliphatic rings. The van der Waals surface area contributed by atoms with E-state index < -0.39 is 20.2 Å². The summed E-state index contributed by atoms with van der Waals surface area (Å²) in [5.41, 5.74) is 0. The van der Waals surface area contributed by atoms with Crippen LogP contribution in [-0.2, 0) is 20.2 Å². The molecule has 9 heteroatoms. The second-order valence-electron chi connectivity index (χ2n) is 1.47. The van der Waals surface area contributed by atoms with Gasteiger partial charge in [-0.1, -0.05) is 0 Å². The van der Waals surface area contributed by atoms with Crippen LogP contribution in [0.15, 0.2) is 0 Å². The van der Waals surface area contributed by atoms with Crippen LogP contribution in [0.5, 0.6) is 0 Å². The summed E-state index contributed by atoms with van der Waals surface area (Å²) in [5.74, 6) is 0. The molecule has 0 aromatic rings. The van der Waals surface area contributed by atoms with Gasteiger partial charge in [0.1, 0.15) is 0 Å². The Balaban J connectivity index is -0.000000107. The Labute approximate surface area is 95.5 Å². The monoisotopic (exact) mass is 232 g/mol. The molecule has 0 spiro atoms. The topological polar surface area (TPSA) is 109 Å². The van der Waals surface area contributed by atoms with Crippen LogP contribution >= 0.6 is 0 Å². The van der Waals surface area contributed by atoms with Gasteiger partial charge in [0, 0.05) is 37.7 Å². The quantitative estimate of drug-likeness (QED) is 0.394. The molecule has 2 N–H and O–H groups in total. The van der Waals surface area contributed by atoms with Gasteiger partial charge in [-0.25, -0.2) is 0 Å². The van der Waals surface area contributed by atoms with Crippen LogP contribution in [0.1, 0.15) is 0 Å². The Kier molecular flexibility index (Phi) is 10.8. The smallest absolute Gasteiger partial charge is 0.261 e. The van der Waals surface area contributed by atoms with Gasteiger partial charge in [-0.2, -0.15) is 16.8 Å². The van der Waals surface area contributed by atoms with Crippen LogP contribution in [-0.4, -0.2) is 76.2 Å². The van der Waals surface area contributed by atoms with Gasteiger partial charge in [-0.15, -0.1) is 0 Å². The predicted octanol–water partition coefficient (Wildman–Crippen LogP) is -1.37. The molecule has 0 fully saturated rings. The molecule has 0 saturated carbocycles.